The van der Waals surface area contributed by atoms with E-state index >= 15 is 0 Å². The summed E-state index contributed by atoms with van der Waals surface area (Å²) in [5.74, 6) is -1.36. The summed E-state index contributed by atoms with van der Waals surface area (Å²) in [6, 6.07) is -0.267. The summed E-state index contributed by atoms with van der Waals surface area (Å²) in [5.41, 5.74) is 4.70. The van der Waals surface area contributed by atoms with Crippen LogP contribution in [0.2, 0.25) is 0 Å². The molecule has 1 amide bonds. The minimum absolute atomic E-state index is 0.0637. The van der Waals surface area contributed by atoms with Gasteiger partial charge in [-0.15, -0.1) is 0 Å². The van der Waals surface area contributed by atoms with Gasteiger partial charge in [0.25, 0.3) is 0 Å². The molecule has 18 heavy (non-hydrogen) atoms. The molecule has 0 aromatic heterocycles. The second-order valence-electron chi connectivity index (χ2n) is 6.32. The topological polar surface area (TPSA) is 83.6 Å². The lowest BCUT2D eigenvalue weighted by molar-refractivity contribution is -0.146. The number of amides is 1. The third kappa shape index (κ3) is 2.36. The third-order valence-corrected chi connectivity index (χ3v) is 4.48. The number of hydrogen-bond acceptors (Lipinski definition) is 3. The van der Waals surface area contributed by atoms with Crippen LogP contribution in [0.1, 0.15) is 41.0 Å². The number of rotatable bonds is 3. The molecule has 0 bridgehead atoms. The van der Waals surface area contributed by atoms with Crippen LogP contribution in [0.5, 0.6) is 0 Å². The predicted octanol–water partition coefficient (Wildman–Crippen LogP) is 1.07. The maximum Gasteiger partial charge on any atom is 0.308 e. The molecule has 2 atom stereocenters. The molecule has 1 fully saturated rings. The summed E-state index contributed by atoms with van der Waals surface area (Å²) in [6.07, 6.45) is 0.517. The molecule has 0 aromatic rings. The van der Waals surface area contributed by atoms with E-state index in [0.717, 1.165) is 0 Å². The molecule has 3 N–H and O–H groups in total. The molecule has 0 spiro atoms. The first-order chi connectivity index (χ1) is 8.00. The number of aliphatic carboxylic acids is 1. The fraction of sp³-hybridized carbons (Fsp3) is 0.846. The van der Waals surface area contributed by atoms with E-state index in [9.17, 15) is 9.59 Å². The smallest absolute Gasteiger partial charge is 0.308 e. The number of likely N-dealkylation sites (tertiary alicyclic amines) is 1. The van der Waals surface area contributed by atoms with E-state index in [4.69, 9.17) is 10.8 Å². The Morgan fingerprint density at radius 2 is 1.78 bits per heavy atom. The van der Waals surface area contributed by atoms with E-state index < -0.39 is 22.8 Å². The molecular formula is C13H24N2O3. The number of carbonyl (C=O) groups is 2. The van der Waals surface area contributed by atoms with Crippen molar-refractivity contribution in [3.63, 3.8) is 0 Å². The first-order valence-corrected chi connectivity index (χ1v) is 6.33. The molecule has 2 unspecified atom stereocenters. The molecule has 5 nitrogen and oxygen atoms in total. The number of carbonyl (C=O) groups excluding carboxylic acids is 1. The van der Waals surface area contributed by atoms with Crippen molar-refractivity contribution >= 4 is 11.9 Å². The fourth-order valence-electron chi connectivity index (χ4n) is 2.19. The molecule has 1 rings (SSSR count). The summed E-state index contributed by atoms with van der Waals surface area (Å²) >= 11 is 0. The van der Waals surface area contributed by atoms with Crippen LogP contribution in [-0.4, -0.2) is 40.0 Å². The second-order valence-corrected chi connectivity index (χ2v) is 6.32. The Labute approximate surface area is 108 Å². The van der Waals surface area contributed by atoms with Crippen LogP contribution in [0.4, 0.5) is 0 Å². The number of carboxylic acid groups (broad SMARTS) is 1. The Morgan fingerprint density at radius 3 is 2.11 bits per heavy atom. The molecule has 1 aliphatic rings. The van der Waals surface area contributed by atoms with E-state index in [2.05, 4.69) is 0 Å². The van der Waals surface area contributed by atoms with Crippen LogP contribution in [0, 0.1) is 11.3 Å². The maximum atomic E-state index is 12.5. The van der Waals surface area contributed by atoms with Crippen LogP contribution >= 0.6 is 0 Å². The minimum atomic E-state index is -0.831. The Hall–Kier alpha value is -1.10. The van der Waals surface area contributed by atoms with Crippen LogP contribution in [0.25, 0.3) is 0 Å². The van der Waals surface area contributed by atoms with Gasteiger partial charge >= 0.3 is 5.97 Å². The van der Waals surface area contributed by atoms with Gasteiger partial charge in [0.2, 0.25) is 5.91 Å². The Morgan fingerprint density at radius 1 is 1.28 bits per heavy atom. The van der Waals surface area contributed by atoms with Crippen molar-refractivity contribution in [2.24, 2.45) is 17.1 Å². The predicted molar refractivity (Wildman–Crippen MR) is 69.0 cm³/mol. The summed E-state index contributed by atoms with van der Waals surface area (Å²) in [6.45, 7) is 9.56. The van der Waals surface area contributed by atoms with Crippen LogP contribution in [0.3, 0.4) is 0 Å². The normalized spacial score (nSPS) is 25.3. The summed E-state index contributed by atoms with van der Waals surface area (Å²) in [7, 11) is 0. The van der Waals surface area contributed by atoms with Gasteiger partial charge in [0.1, 0.15) is 0 Å². The van der Waals surface area contributed by atoms with E-state index in [1.165, 1.54) is 0 Å². The molecule has 5 heteroatoms. The highest BCUT2D eigenvalue weighted by Gasteiger charge is 2.47. The van der Waals surface area contributed by atoms with E-state index in [1.54, 1.807) is 11.8 Å². The van der Waals surface area contributed by atoms with Gasteiger partial charge in [-0.05, 0) is 41.0 Å². The lowest BCUT2D eigenvalue weighted by Gasteiger charge is -2.41. The zero-order valence-corrected chi connectivity index (χ0v) is 11.9. The highest BCUT2D eigenvalue weighted by atomic mass is 16.4. The molecule has 0 radical (unpaired) electrons. The Bertz CT molecular complexity index is 358. The number of hydrogen-bond donors (Lipinski definition) is 2. The van der Waals surface area contributed by atoms with Crippen molar-refractivity contribution in [3.8, 4) is 0 Å². The van der Waals surface area contributed by atoms with Gasteiger partial charge in [-0.2, -0.15) is 0 Å². The zero-order chi connectivity index (χ0) is 14.3. The lowest BCUT2D eigenvalue weighted by atomic mass is 9.74. The second kappa shape index (κ2) is 4.53. The van der Waals surface area contributed by atoms with Gasteiger partial charge in [-0.3, -0.25) is 9.59 Å². The molecular weight excluding hydrogens is 232 g/mol. The third-order valence-electron chi connectivity index (χ3n) is 4.48. The monoisotopic (exact) mass is 256 g/mol. The van der Waals surface area contributed by atoms with Gasteiger partial charge in [-0.25, -0.2) is 0 Å². The van der Waals surface area contributed by atoms with Crippen LogP contribution in [-0.2, 0) is 9.59 Å². The number of nitrogens with zero attached hydrogens (tertiary/aromatic N) is 1. The SMILES string of the molecule is CC1C(C(=O)O)CCN1C(=O)C(C)(C)C(C)(C)N. The van der Waals surface area contributed by atoms with Crippen LogP contribution in [0.15, 0.2) is 0 Å². The molecule has 0 aliphatic carbocycles. The highest BCUT2D eigenvalue weighted by molar-refractivity contribution is 5.85. The summed E-state index contributed by atoms with van der Waals surface area (Å²) < 4.78 is 0. The Balaban J connectivity index is 2.91. The summed E-state index contributed by atoms with van der Waals surface area (Å²) in [5, 5.41) is 9.08. The molecule has 0 aromatic carbocycles. The van der Waals surface area contributed by atoms with E-state index in [1.807, 2.05) is 27.7 Å². The number of carboxylic acids is 1. The molecule has 104 valence electrons. The van der Waals surface area contributed by atoms with Crippen molar-refractivity contribution in [3.05, 3.63) is 0 Å². The van der Waals surface area contributed by atoms with Gasteiger partial charge in [0.15, 0.2) is 0 Å². The maximum absolute atomic E-state index is 12.5. The van der Waals surface area contributed by atoms with Crippen molar-refractivity contribution in [2.45, 2.75) is 52.6 Å². The van der Waals surface area contributed by atoms with Crippen molar-refractivity contribution in [1.82, 2.24) is 4.90 Å². The zero-order valence-electron chi connectivity index (χ0n) is 11.9. The first kappa shape index (κ1) is 15.0. The standard InChI is InChI=1S/C13H24N2O3/c1-8-9(10(16)17)6-7-15(8)11(18)12(2,3)13(4,5)14/h8-9H,6-7,14H2,1-5H3,(H,16,17). The molecule has 1 aliphatic heterocycles. The quantitative estimate of drug-likeness (QED) is 0.791. The fourth-order valence-corrected chi connectivity index (χ4v) is 2.19. The van der Waals surface area contributed by atoms with Gasteiger partial charge < -0.3 is 15.7 Å². The molecule has 0 saturated carbocycles. The van der Waals surface area contributed by atoms with Gasteiger partial charge in [0, 0.05) is 18.1 Å². The average Bonchev–Trinajstić information content (AvgIpc) is 2.57. The highest BCUT2D eigenvalue weighted by Crippen LogP contribution is 2.35. The van der Waals surface area contributed by atoms with Crippen molar-refractivity contribution in [1.29, 1.82) is 0 Å². The number of nitrogens with two attached hydrogens (primary N) is 1. The van der Waals surface area contributed by atoms with Gasteiger partial charge in [-0.1, -0.05) is 0 Å². The first-order valence-electron chi connectivity index (χ1n) is 6.33. The summed E-state index contributed by atoms with van der Waals surface area (Å²) in [4.78, 5) is 25.3. The Kier molecular flexibility index (Phi) is 3.77. The van der Waals surface area contributed by atoms with Gasteiger partial charge in [0.05, 0.1) is 11.3 Å². The van der Waals surface area contributed by atoms with Crippen molar-refractivity contribution in [2.75, 3.05) is 6.54 Å². The van der Waals surface area contributed by atoms with E-state index in [-0.39, 0.29) is 11.9 Å². The minimum Gasteiger partial charge on any atom is -0.481 e. The average molecular weight is 256 g/mol. The van der Waals surface area contributed by atoms with E-state index in [0.29, 0.717) is 13.0 Å². The molecule has 1 heterocycles. The van der Waals surface area contributed by atoms with Crippen LogP contribution < -0.4 is 5.73 Å². The largest absolute Gasteiger partial charge is 0.481 e. The molecule has 1 saturated heterocycles. The lowest BCUT2D eigenvalue weighted by Crippen LogP contribution is -2.57. The van der Waals surface area contributed by atoms with Crippen molar-refractivity contribution < 1.29 is 14.7 Å².